The second-order valence-corrected chi connectivity index (χ2v) is 6.26. The smallest absolute Gasteiger partial charge is 0.339 e. The zero-order chi connectivity index (χ0) is 14.7. The molecule has 1 fully saturated rings. The number of carbonyl (C=O) groups excluding carboxylic acids is 1. The van der Waals surface area contributed by atoms with E-state index >= 15 is 0 Å². The van der Waals surface area contributed by atoms with Gasteiger partial charge < -0.3 is 10.1 Å². The van der Waals surface area contributed by atoms with E-state index in [1.165, 1.54) is 20.0 Å². The summed E-state index contributed by atoms with van der Waals surface area (Å²) in [6, 6.07) is 5.62. The van der Waals surface area contributed by atoms with Gasteiger partial charge in [-0.15, -0.1) is 0 Å². The molecule has 3 atom stereocenters. The quantitative estimate of drug-likeness (QED) is 0.842. The molecule has 110 valence electrons. The molecule has 1 aromatic carbocycles. The monoisotopic (exact) mass is 295 g/mol. The molecule has 4 heteroatoms. The second kappa shape index (κ2) is 6.49. The molecule has 0 bridgehead atoms. The van der Waals surface area contributed by atoms with Crippen molar-refractivity contribution >= 4 is 23.3 Å². The van der Waals surface area contributed by atoms with Gasteiger partial charge in [0.25, 0.3) is 0 Å². The normalized spacial score (nSPS) is 26.1. The lowest BCUT2D eigenvalue weighted by Crippen LogP contribution is -2.33. The van der Waals surface area contributed by atoms with Crippen molar-refractivity contribution in [3.63, 3.8) is 0 Å². The van der Waals surface area contributed by atoms with Crippen LogP contribution in [0, 0.1) is 11.8 Å². The van der Waals surface area contributed by atoms with E-state index in [9.17, 15) is 4.79 Å². The number of hydrogen-bond donors (Lipinski definition) is 1. The summed E-state index contributed by atoms with van der Waals surface area (Å²) < 4.78 is 4.83. The van der Waals surface area contributed by atoms with E-state index in [1.54, 1.807) is 18.2 Å². The van der Waals surface area contributed by atoms with E-state index in [1.807, 2.05) is 0 Å². The minimum Gasteiger partial charge on any atom is -0.465 e. The van der Waals surface area contributed by atoms with Gasteiger partial charge in [-0.1, -0.05) is 25.4 Å². The highest BCUT2D eigenvalue weighted by Crippen LogP contribution is 2.32. The summed E-state index contributed by atoms with van der Waals surface area (Å²) in [7, 11) is 1.39. The van der Waals surface area contributed by atoms with Crippen molar-refractivity contribution in [1.82, 2.24) is 0 Å². The number of carbonyl (C=O) groups is 1. The van der Waals surface area contributed by atoms with Gasteiger partial charge in [-0.05, 0) is 49.3 Å². The van der Waals surface area contributed by atoms with Crippen molar-refractivity contribution in [2.24, 2.45) is 11.8 Å². The summed E-state index contributed by atoms with van der Waals surface area (Å²) in [5.74, 6) is 1.03. The maximum absolute atomic E-state index is 11.8. The van der Waals surface area contributed by atoms with Crippen molar-refractivity contribution in [2.75, 3.05) is 12.4 Å². The third kappa shape index (κ3) is 3.45. The Kier molecular flexibility index (Phi) is 4.92. The summed E-state index contributed by atoms with van der Waals surface area (Å²) in [5, 5.41) is 4.11. The Labute approximate surface area is 125 Å². The standard InChI is InChI=1S/C16H22ClNO2/c1-10-4-7-14(11(2)8-10)18-15-9-12(17)5-6-13(15)16(19)20-3/h5-6,9-11,14,18H,4,7-8H2,1-3H3. The Morgan fingerprint density at radius 3 is 2.75 bits per heavy atom. The van der Waals surface area contributed by atoms with Gasteiger partial charge in [0, 0.05) is 11.1 Å². The van der Waals surface area contributed by atoms with Crippen molar-refractivity contribution in [2.45, 2.75) is 39.2 Å². The molecular formula is C16H22ClNO2. The van der Waals surface area contributed by atoms with Gasteiger partial charge in [0.05, 0.1) is 18.4 Å². The fourth-order valence-electron chi connectivity index (χ4n) is 3.00. The van der Waals surface area contributed by atoms with Crippen molar-refractivity contribution in [1.29, 1.82) is 0 Å². The fraction of sp³-hybridized carbons (Fsp3) is 0.562. The van der Waals surface area contributed by atoms with Crippen LogP contribution >= 0.6 is 11.6 Å². The molecule has 3 nitrogen and oxygen atoms in total. The number of rotatable bonds is 3. The number of methoxy groups -OCH3 is 1. The van der Waals surface area contributed by atoms with E-state index < -0.39 is 0 Å². The van der Waals surface area contributed by atoms with Gasteiger partial charge in [0.15, 0.2) is 0 Å². The molecule has 1 aromatic rings. The summed E-state index contributed by atoms with van der Waals surface area (Å²) in [5.41, 5.74) is 1.32. The molecular weight excluding hydrogens is 274 g/mol. The Morgan fingerprint density at radius 2 is 2.10 bits per heavy atom. The van der Waals surface area contributed by atoms with Crippen LogP contribution in [0.15, 0.2) is 18.2 Å². The van der Waals surface area contributed by atoms with Crippen LogP contribution in [0.1, 0.15) is 43.5 Å². The lowest BCUT2D eigenvalue weighted by Gasteiger charge is -2.34. The van der Waals surface area contributed by atoms with Crippen LogP contribution in [0.2, 0.25) is 5.02 Å². The molecule has 20 heavy (non-hydrogen) atoms. The number of anilines is 1. The molecule has 0 spiro atoms. The summed E-state index contributed by atoms with van der Waals surface area (Å²) in [6.45, 7) is 4.56. The molecule has 0 aromatic heterocycles. The maximum atomic E-state index is 11.8. The Bertz CT molecular complexity index is 489. The largest absolute Gasteiger partial charge is 0.465 e. The van der Waals surface area contributed by atoms with Gasteiger partial charge in [-0.3, -0.25) is 0 Å². The first-order valence-corrected chi connectivity index (χ1v) is 7.53. The zero-order valence-electron chi connectivity index (χ0n) is 12.3. The van der Waals surface area contributed by atoms with Crippen LogP contribution < -0.4 is 5.32 Å². The molecule has 0 heterocycles. The van der Waals surface area contributed by atoms with Crippen LogP contribution in [0.5, 0.6) is 0 Å². The molecule has 0 amide bonds. The molecule has 0 aliphatic heterocycles. The van der Waals surface area contributed by atoms with Crippen LogP contribution in [0.4, 0.5) is 5.69 Å². The van der Waals surface area contributed by atoms with Gasteiger partial charge in [-0.25, -0.2) is 4.79 Å². The van der Waals surface area contributed by atoms with Crippen LogP contribution in [-0.2, 0) is 4.74 Å². The lowest BCUT2D eigenvalue weighted by molar-refractivity contribution is 0.0601. The van der Waals surface area contributed by atoms with Crippen LogP contribution in [-0.4, -0.2) is 19.1 Å². The third-order valence-corrected chi connectivity index (χ3v) is 4.39. The molecule has 1 saturated carbocycles. The Hall–Kier alpha value is -1.22. The van der Waals surface area contributed by atoms with E-state index in [4.69, 9.17) is 16.3 Å². The second-order valence-electron chi connectivity index (χ2n) is 5.83. The summed E-state index contributed by atoms with van der Waals surface area (Å²) in [4.78, 5) is 11.8. The third-order valence-electron chi connectivity index (χ3n) is 4.16. The van der Waals surface area contributed by atoms with Gasteiger partial charge in [0.2, 0.25) is 0 Å². The van der Waals surface area contributed by atoms with E-state index in [2.05, 4.69) is 19.2 Å². The number of ether oxygens (including phenoxy) is 1. The van der Waals surface area contributed by atoms with Crippen molar-refractivity contribution < 1.29 is 9.53 Å². The van der Waals surface area contributed by atoms with Crippen LogP contribution in [0.3, 0.4) is 0 Å². The molecule has 0 saturated heterocycles. The first-order valence-electron chi connectivity index (χ1n) is 7.15. The van der Waals surface area contributed by atoms with Gasteiger partial charge in [0.1, 0.15) is 0 Å². The molecule has 1 aliphatic rings. The number of hydrogen-bond acceptors (Lipinski definition) is 3. The lowest BCUT2D eigenvalue weighted by atomic mass is 9.80. The fourth-order valence-corrected chi connectivity index (χ4v) is 3.18. The Balaban J connectivity index is 2.19. The predicted molar refractivity (Wildman–Crippen MR) is 82.4 cm³/mol. The summed E-state index contributed by atoms with van der Waals surface area (Å²) >= 11 is 6.05. The SMILES string of the molecule is COC(=O)c1ccc(Cl)cc1NC1CCC(C)CC1C. The first kappa shape index (κ1) is 15.2. The number of halogens is 1. The Morgan fingerprint density at radius 1 is 1.35 bits per heavy atom. The number of benzene rings is 1. The number of nitrogens with one attached hydrogen (secondary N) is 1. The highest BCUT2D eigenvalue weighted by atomic mass is 35.5. The minimum absolute atomic E-state index is 0.332. The molecule has 1 N–H and O–H groups in total. The van der Waals surface area contributed by atoms with Crippen LogP contribution in [0.25, 0.3) is 0 Å². The average molecular weight is 296 g/mol. The van der Waals surface area contributed by atoms with Gasteiger partial charge in [-0.2, -0.15) is 0 Å². The molecule has 2 rings (SSSR count). The minimum atomic E-state index is -0.332. The maximum Gasteiger partial charge on any atom is 0.339 e. The average Bonchev–Trinajstić information content (AvgIpc) is 2.41. The molecule has 1 aliphatic carbocycles. The molecule has 0 radical (unpaired) electrons. The zero-order valence-corrected chi connectivity index (χ0v) is 13.0. The first-order chi connectivity index (χ1) is 9.51. The van der Waals surface area contributed by atoms with Crippen molar-refractivity contribution in [3.8, 4) is 0 Å². The van der Waals surface area contributed by atoms with Gasteiger partial charge >= 0.3 is 5.97 Å². The summed E-state index contributed by atoms with van der Waals surface area (Å²) in [6.07, 6.45) is 3.55. The van der Waals surface area contributed by atoms with E-state index in [0.29, 0.717) is 22.5 Å². The highest BCUT2D eigenvalue weighted by molar-refractivity contribution is 6.31. The number of esters is 1. The molecule has 3 unspecified atom stereocenters. The van der Waals surface area contributed by atoms with Crippen molar-refractivity contribution in [3.05, 3.63) is 28.8 Å². The van der Waals surface area contributed by atoms with E-state index in [-0.39, 0.29) is 5.97 Å². The highest BCUT2D eigenvalue weighted by Gasteiger charge is 2.26. The topological polar surface area (TPSA) is 38.3 Å². The van der Waals surface area contributed by atoms with E-state index in [0.717, 1.165) is 18.0 Å². The predicted octanol–water partition coefficient (Wildman–Crippen LogP) is 4.36.